The molecule has 0 saturated carbocycles. The Balaban J connectivity index is 1.65. The van der Waals surface area contributed by atoms with Crippen LogP contribution in [0.4, 0.5) is 11.4 Å². The molecule has 112 valence electrons. The number of hydrogen-bond donors (Lipinski definition) is 2. The fourth-order valence-corrected chi connectivity index (χ4v) is 2.52. The number of nitrogens with one attached hydrogen (secondary N) is 1. The molecule has 1 amide bonds. The fourth-order valence-electron chi connectivity index (χ4n) is 1.97. The van der Waals surface area contributed by atoms with Crippen LogP contribution in [0.2, 0.25) is 0 Å². The highest BCUT2D eigenvalue weighted by Crippen LogP contribution is 2.11. The average molecular weight is 304 g/mol. The second-order valence-corrected chi connectivity index (χ2v) is 5.71. The first kappa shape index (κ1) is 15.5. The summed E-state index contributed by atoms with van der Waals surface area (Å²) >= 11 is 1.60. The van der Waals surface area contributed by atoms with E-state index < -0.39 is 0 Å². The number of rotatable bonds is 7. The summed E-state index contributed by atoms with van der Waals surface area (Å²) in [5, 5.41) is 4.91. The van der Waals surface area contributed by atoms with Crippen molar-refractivity contribution in [1.29, 1.82) is 0 Å². The van der Waals surface area contributed by atoms with Gasteiger partial charge in [0.15, 0.2) is 0 Å². The monoisotopic (exact) mass is 304 g/mol. The van der Waals surface area contributed by atoms with Crippen LogP contribution in [0.25, 0.3) is 0 Å². The number of benzene rings is 1. The summed E-state index contributed by atoms with van der Waals surface area (Å²) in [6, 6.07) is 7.16. The van der Waals surface area contributed by atoms with Crippen molar-refractivity contribution in [2.24, 2.45) is 0 Å². The second-order valence-electron chi connectivity index (χ2n) is 4.99. The lowest BCUT2D eigenvalue weighted by molar-refractivity contribution is -0.116. The lowest BCUT2D eigenvalue weighted by atomic mass is 10.2. The maximum Gasteiger partial charge on any atom is 0.224 e. The molecule has 2 rings (SSSR count). The first-order valence-electron chi connectivity index (χ1n) is 6.84. The first-order valence-corrected chi connectivity index (χ1v) is 7.79. The number of carbonyl (C=O) groups is 1. The minimum atomic E-state index is 0.0295. The Hall–Kier alpha value is -1.92. The van der Waals surface area contributed by atoms with Crippen LogP contribution in [0.5, 0.6) is 0 Å². The SMILES string of the molecule is CN(CCCC(=O)Nc1ccc(N)cc1)Cc1cscn1. The van der Waals surface area contributed by atoms with Crippen molar-refractivity contribution in [3.8, 4) is 0 Å². The maximum atomic E-state index is 11.8. The van der Waals surface area contributed by atoms with Gasteiger partial charge >= 0.3 is 0 Å². The van der Waals surface area contributed by atoms with Gasteiger partial charge in [0.1, 0.15) is 0 Å². The first-order chi connectivity index (χ1) is 10.1. The number of carbonyl (C=O) groups excluding carboxylic acids is 1. The number of thiazole rings is 1. The Morgan fingerprint density at radius 3 is 2.81 bits per heavy atom. The Morgan fingerprint density at radius 1 is 1.38 bits per heavy atom. The third-order valence-corrected chi connectivity index (χ3v) is 3.69. The lowest BCUT2D eigenvalue weighted by Gasteiger charge is -2.14. The summed E-state index contributed by atoms with van der Waals surface area (Å²) in [5.74, 6) is 0.0295. The summed E-state index contributed by atoms with van der Waals surface area (Å²) in [7, 11) is 2.04. The van der Waals surface area contributed by atoms with E-state index in [1.807, 2.05) is 30.1 Å². The smallest absolute Gasteiger partial charge is 0.224 e. The van der Waals surface area contributed by atoms with E-state index in [0.29, 0.717) is 12.1 Å². The minimum absolute atomic E-state index is 0.0295. The van der Waals surface area contributed by atoms with Crippen molar-refractivity contribution < 1.29 is 4.79 Å². The largest absolute Gasteiger partial charge is 0.399 e. The van der Waals surface area contributed by atoms with Crippen LogP contribution in [0, 0.1) is 0 Å². The van der Waals surface area contributed by atoms with Gasteiger partial charge in [-0.3, -0.25) is 4.79 Å². The van der Waals surface area contributed by atoms with Crippen LogP contribution in [-0.2, 0) is 11.3 Å². The van der Waals surface area contributed by atoms with Crippen molar-refractivity contribution in [3.05, 3.63) is 40.8 Å². The van der Waals surface area contributed by atoms with E-state index in [9.17, 15) is 4.79 Å². The number of amides is 1. The molecular formula is C15H20N4OS. The van der Waals surface area contributed by atoms with Gasteiger partial charge in [-0.15, -0.1) is 11.3 Å². The van der Waals surface area contributed by atoms with Gasteiger partial charge in [-0.1, -0.05) is 0 Å². The molecule has 2 aromatic rings. The number of nitrogens with zero attached hydrogens (tertiary/aromatic N) is 2. The molecule has 5 nitrogen and oxygen atoms in total. The molecule has 0 unspecified atom stereocenters. The average Bonchev–Trinajstić information content (AvgIpc) is 2.94. The molecule has 0 saturated heterocycles. The third-order valence-electron chi connectivity index (χ3n) is 3.05. The zero-order valence-corrected chi connectivity index (χ0v) is 12.9. The Morgan fingerprint density at radius 2 is 2.14 bits per heavy atom. The number of anilines is 2. The maximum absolute atomic E-state index is 11.8. The molecule has 0 aliphatic carbocycles. The van der Waals surface area contributed by atoms with Crippen LogP contribution in [0.3, 0.4) is 0 Å². The number of hydrogen-bond acceptors (Lipinski definition) is 5. The topological polar surface area (TPSA) is 71.2 Å². The van der Waals surface area contributed by atoms with Gasteiger partial charge in [-0.05, 0) is 44.3 Å². The Bertz CT molecular complexity index is 554. The predicted octanol–water partition coefficient (Wildman–Crippen LogP) is 2.58. The van der Waals surface area contributed by atoms with Gasteiger partial charge in [0.2, 0.25) is 5.91 Å². The normalized spacial score (nSPS) is 10.8. The van der Waals surface area contributed by atoms with Gasteiger partial charge in [0, 0.05) is 29.7 Å². The van der Waals surface area contributed by atoms with E-state index in [4.69, 9.17) is 5.73 Å². The summed E-state index contributed by atoms with van der Waals surface area (Å²) < 4.78 is 0. The zero-order chi connectivity index (χ0) is 15.1. The van der Waals surface area contributed by atoms with Crippen LogP contribution in [-0.4, -0.2) is 29.4 Å². The van der Waals surface area contributed by atoms with Crippen LogP contribution in [0.15, 0.2) is 35.2 Å². The molecular weight excluding hydrogens is 284 g/mol. The number of nitrogens with two attached hydrogens (primary N) is 1. The number of nitrogen functional groups attached to an aromatic ring is 1. The second kappa shape index (κ2) is 7.75. The predicted molar refractivity (Wildman–Crippen MR) is 87.2 cm³/mol. The summed E-state index contributed by atoms with van der Waals surface area (Å²) in [4.78, 5) is 18.2. The quantitative estimate of drug-likeness (QED) is 0.771. The molecule has 6 heteroatoms. The molecule has 0 aliphatic rings. The molecule has 0 bridgehead atoms. The molecule has 21 heavy (non-hydrogen) atoms. The third kappa shape index (κ3) is 5.53. The van der Waals surface area contributed by atoms with Crippen molar-refractivity contribution >= 4 is 28.6 Å². The summed E-state index contributed by atoms with van der Waals surface area (Å²) in [6.45, 7) is 1.69. The lowest BCUT2D eigenvalue weighted by Crippen LogP contribution is -2.21. The van der Waals surface area contributed by atoms with E-state index in [0.717, 1.165) is 30.9 Å². The van der Waals surface area contributed by atoms with Crippen LogP contribution >= 0.6 is 11.3 Å². The van der Waals surface area contributed by atoms with Gasteiger partial charge in [-0.2, -0.15) is 0 Å². The highest BCUT2D eigenvalue weighted by Gasteiger charge is 2.05. The molecule has 1 aromatic heterocycles. The van der Waals surface area contributed by atoms with E-state index in [2.05, 4.69) is 15.2 Å². The molecule has 3 N–H and O–H groups in total. The molecule has 1 aromatic carbocycles. The molecule has 0 fully saturated rings. The van der Waals surface area contributed by atoms with Crippen molar-refractivity contribution in [2.75, 3.05) is 24.6 Å². The van der Waals surface area contributed by atoms with Crippen molar-refractivity contribution in [1.82, 2.24) is 9.88 Å². The van der Waals surface area contributed by atoms with E-state index in [1.54, 1.807) is 23.5 Å². The number of aromatic nitrogens is 1. The molecule has 0 spiro atoms. The van der Waals surface area contributed by atoms with Gasteiger partial charge in [0.25, 0.3) is 0 Å². The van der Waals surface area contributed by atoms with E-state index >= 15 is 0 Å². The standard InChI is InChI=1S/C15H20N4OS/c1-19(9-14-10-21-11-17-14)8-2-3-15(20)18-13-6-4-12(16)5-7-13/h4-7,10-11H,2-3,8-9,16H2,1H3,(H,18,20). The minimum Gasteiger partial charge on any atom is -0.399 e. The van der Waals surface area contributed by atoms with Gasteiger partial charge < -0.3 is 16.0 Å². The van der Waals surface area contributed by atoms with Crippen molar-refractivity contribution in [3.63, 3.8) is 0 Å². The van der Waals surface area contributed by atoms with E-state index in [1.165, 1.54) is 0 Å². The zero-order valence-electron chi connectivity index (χ0n) is 12.1. The van der Waals surface area contributed by atoms with Gasteiger partial charge in [0.05, 0.1) is 11.2 Å². The summed E-state index contributed by atoms with van der Waals surface area (Å²) in [5.41, 5.74) is 9.99. The summed E-state index contributed by atoms with van der Waals surface area (Å²) in [6.07, 6.45) is 1.33. The Labute approximate surface area is 128 Å². The van der Waals surface area contributed by atoms with Crippen LogP contribution in [0.1, 0.15) is 18.5 Å². The highest BCUT2D eigenvalue weighted by atomic mass is 32.1. The molecule has 1 heterocycles. The van der Waals surface area contributed by atoms with Gasteiger partial charge in [-0.25, -0.2) is 4.98 Å². The van der Waals surface area contributed by atoms with Crippen molar-refractivity contribution in [2.45, 2.75) is 19.4 Å². The molecule has 0 aliphatic heterocycles. The molecule has 0 atom stereocenters. The molecule has 0 radical (unpaired) electrons. The van der Waals surface area contributed by atoms with E-state index in [-0.39, 0.29) is 5.91 Å². The Kier molecular flexibility index (Phi) is 5.71. The highest BCUT2D eigenvalue weighted by molar-refractivity contribution is 7.07. The van der Waals surface area contributed by atoms with Crippen LogP contribution < -0.4 is 11.1 Å². The fraction of sp³-hybridized carbons (Fsp3) is 0.333.